The minimum absolute atomic E-state index is 0.102. The lowest BCUT2D eigenvalue weighted by Crippen LogP contribution is -2.43. The van der Waals surface area contributed by atoms with E-state index in [4.69, 9.17) is 27.9 Å². The second kappa shape index (κ2) is 6.54. The molecule has 0 aliphatic carbocycles. The molecule has 0 atom stereocenters. The number of nitrogens with two attached hydrogens (primary N) is 4. The average molecular weight is 296 g/mol. The number of hydrogen-bond acceptors (Lipinski definition) is 6. The molecule has 0 unspecified atom stereocenters. The Morgan fingerprint density at radius 2 is 1.43 bits per heavy atom. The van der Waals surface area contributed by atoms with Gasteiger partial charge in [-0.25, -0.2) is 31.3 Å². The van der Waals surface area contributed by atoms with E-state index >= 15 is 0 Å². The highest BCUT2D eigenvalue weighted by atomic mass is 16.5. The van der Waals surface area contributed by atoms with Crippen LogP contribution in [0.15, 0.2) is 18.2 Å². The highest BCUT2D eigenvalue weighted by molar-refractivity contribution is 5.93. The van der Waals surface area contributed by atoms with E-state index in [1.54, 1.807) is 0 Å². The van der Waals surface area contributed by atoms with Gasteiger partial charge in [-0.1, -0.05) is 0 Å². The lowest BCUT2D eigenvalue weighted by Gasteiger charge is -2.20. The van der Waals surface area contributed by atoms with Gasteiger partial charge in [0.1, 0.15) is 6.61 Å². The van der Waals surface area contributed by atoms with Crippen LogP contribution in [0, 0.1) is 0 Å². The first-order valence-corrected chi connectivity index (χ1v) is 5.68. The van der Waals surface area contributed by atoms with Crippen molar-refractivity contribution in [2.75, 3.05) is 10.0 Å². The van der Waals surface area contributed by atoms with Gasteiger partial charge in [0.15, 0.2) is 0 Å². The van der Waals surface area contributed by atoms with Crippen molar-refractivity contribution >= 4 is 29.4 Å². The van der Waals surface area contributed by atoms with E-state index in [1.807, 2.05) is 0 Å². The van der Waals surface area contributed by atoms with Crippen molar-refractivity contribution in [3.8, 4) is 0 Å². The number of carbonyl (C=O) groups is 3. The van der Waals surface area contributed by atoms with Gasteiger partial charge in [-0.3, -0.25) is 4.79 Å². The smallest absolute Gasteiger partial charge is 0.333 e. The van der Waals surface area contributed by atoms with Crippen LogP contribution in [0.2, 0.25) is 0 Å². The molecule has 0 aliphatic heterocycles. The van der Waals surface area contributed by atoms with Crippen molar-refractivity contribution in [1.82, 2.24) is 0 Å². The number of carbonyl (C=O) groups excluding carboxylic acids is 3. The molecule has 10 heteroatoms. The number of esters is 1. The molecular formula is C11H16N6O4. The lowest BCUT2D eigenvalue weighted by molar-refractivity contribution is -0.142. The molecule has 0 saturated heterocycles. The molecule has 0 fully saturated rings. The molecule has 10 nitrogen and oxygen atoms in total. The Hall–Kier alpha value is -2.85. The number of anilines is 2. The zero-order valence-electron chi connectivity index (χ0n) is 11.3. The van der Waals surface area contributed by atoms with Gasteiger partial charge in [-0.2, -0.15) is 0 Å². The molecular weight excluding hydrogens is 280 g/mol. The molecule has 114 valence electrons. The van der Waals surface area contributed by atoms with Gasteiger partial charge in [-0.05, 0) is 23.8 Å². The predicted molar refractivity (Wildman–Crippen MR) is 74.4 cm³/mol. The monoisotopic (exact) mass is 296 g/mol. The normalized spacial score (nSPS) is 9.86. The van der Waals surface area contributed by atoms with Crippen LogP contribution in [0.25, 0.3) is 0 Å². The summed E-state index contributed by atoms with van der Waals surface area (Å²) in [5, 5.41) is 1.30. The standard InChI is InChI=1S/C11H16N6O4/c1-6(18)21-5-7-2-8(16(14)10(12)19)4-9(3-7)17(15)11(13)20/h2-4H,5,14-15H2,1H3,(H2,12,19)(H2,13,20). The topological polar surface area (TPSA) is 171 Å². The summed E-state index contributed by atoms with van der Waals surface area (Å²) in [6.07, 6.45) is 0. The number of amides is 4. The molecule has 8 N–H and O–H groups in total. The van der Waals surface area contributed by atoms with Crippen molar-refractivity contribution in [1.29, 1.82) is 0 Å². The maximum atomic E-state index is 11.1. The number of hydrogen-bond donors (Lipinski definition) is 4. The summed E-state index contributed by atoms with van der Waals surface area (Å²) in [5.74, 6) is 10.5. The number of primary amides is 2. The Morgan fingerprint density at radius 3 is 1.76 bits per heavy atom. The fraction of sp³-hybridized carbons (Fsp3) is 0.182. The molecule has 4 amide bonds. The zero-order chi connectivity index (χ0) is 16.2. The van der Waals surface area contributed by atoms with E-state index in [2.05, 4.69) is 0 Å². The summed E-state index contributed by atoms with van der Waals surface area (Å²) in [5.41, 5.74) is 10.9. The largest absolute Gasteiger partial charge is 0.461 e. The minimum Gasteiger partial charge on any atom is -0.461 e. The predicted octanol–water partition coefficient (Wildman–Crippen LogP) is -0.733. The third kappa shape index (κ3) is 4.33. The summed E-state index contributed by atoms with van der Waals surface area (Å²) in [6.45, 7) is 1.14. The number of rotatable bonds is 4. The Morgan fingerprint density at radius 1 is 1.00 bits per heavy atom. The van der Waals surface area contributed by atoms with Crippen molar-refractivity contribution in [3.05, 3.63) is 23.8 Å². The van der Waals surface area contributed by atoms with E-state index in [9.17, 15) is 14.4 Å². The summed E-state index contributed by atoms with van der Waals surface area (Å²) in [6, 6.07) is 2.38. The van der Waals surface area contributed by atoms with E-state index < -0.39 is 18.0 Å². The summed E-state index contributed by atoms with van der Waals surface area (Å²) in [7, 11) is 0. The van der Waals surface area contributed by atoms with E-state index in [-0.39, 0.29) is 18.0 Å². The van der Waals surface area contributed by atoms with Crippen LogP contribution in [-0.4, -0.2) is 18.0 Å². The number of urea groups is 2. The van der Waals surface area contributed by atoms with Gasteiger partial charge >= 0.3 is 18.0 Å². The molecule has 0 bridgehead atoms. The maximum absolute atomic E-state index is 11.1. The number of ether oxygens (including phenoxy) is 1. The van der Waals surface area contributed by atoms with E-state index in [1.165, 1.54) is 25.1 Å². The number of hydrazine groups is 2. The van der Waals surface area contributed by atoms with Crippen molar-refractivity contribution < 1.29 is 19.1 Å². The van der Waals surface area contributed by atoms with E-state index in [0.29, 0.717) is 15.6 Å². The molecule has 1 aromatic rings. The van der Waals surface area contributed by atoms with Crippen molar-refractivity contribution in [3.63, 3.8) is 0 Å². The molecule has 1 rings (SSSR count). The van der Waals surface area contributed by atoms with Crippen LogP contribution < -0.4 is 33.2 Å². The van der Waals surface area contributed by atoms with Gasteiger partial charge in [-0.15, -0.1) is 0 Å². The van der Waals surface area contributed by atoms with Crippen LogP contribution in [-0.2, 0) is 16.1 Å². The van der Waals surface area contributed by atoms with Crippen LogP contribution in [0.4, 0.5) is 21.0 Å². The van der Waals surface area contributed by atoms with Gasteiger partial charge in [0.05, 0.1) is 11.4 Å². The highest BCUT2D eigenvalue weighted by Crippen LogP contribution is 2.23. The lowest BCUT2D eigenvalue weighted by atomic mass is 10.1. The van der Waals surface area contributed by atoms with Gasteiger partial charge in [0.25, 0.3) is 0 Å². The van der Waals surface area contributed by atoms with Crippen molar-refractivity contribution in [2.45, 2.75) is 13.5 Å². The SMILES string of the molecule is CC(=O)OCc1cc(N(N)C(N)=O)cc(N(N)C(N)=O)c1. The Kier molecular flexibility index (Phi) is 5.05. The van der Waals surface area contributed by atoms with Crippen LogP contribution in [0.3, 0.4) is 0 Å². The molecule has 1 aromatic carbocycles. The van der Waals surface area contributed by atoms with E-state index in [0.717, 1.165) is 0 Å². The fourth-order valence-electron chi connectivity index (χ4n) is 1.46. The fourth-order valence-corrected chi connectivity index (χ4v) is 1.46. The van der Waals surface area contributed by atoms with Gasteiger partial charge < -0.3 is 16.2 Å². The van der Waals surface area contributed by atoms with Crippen LogP contribution in [0.5, 0.6) is 0 Å². The Labute approximate surface area is 120 Å². The zero-order valence-corrected chi connectivity index (χ0v) is 11.3. The molecule has 0 heterocycles. The first kappa shape index (κ1) is 16.2. The molecule has 0 aromatic heterocycles. The molecule has 0 radical (unpaired) electrons. The second-order valence-electron chi connectivity index (χ2n) is 4.05. The second-order valence-corrected chi connectivity index (χ2v) is 4.05. The first-order valence-electron chi connectivity index (χ1n) is 5.68. The summed E-state index contributed by atoms with van der Waals surface area (Å²) < 4.78 is 4.83. The quantitative estimate of drug-likeness (QED) is 0.247. The number of nitrogens with zero attached hydrogens (tertiary/aromatic N) is 2. The van der Waals surface area contributed by atoms with Gasteiger partial charge in [0.2, 0.25) is 0 Å². The third-order valence-electron chi connectivity index (χ3n) is 2.44. The molecule has 0 saturated carbocycles. The Balaban J connectivity index is 3.21. The number of benzene rings is 1. The maximum Gasteiger partial charge on any atom is 0.333 e. The molecule has 0 aliphatic rings. The molecule has 21 heavy (non-hydrogen) atoms. The van der Waals surface area contributed by atoms with Crippen molar-refractivity contribution in [2.24, 2.45) is 23.2 Å². The first-order chi connectivity index (χ1) is 9.72. The Bertz CT molecular complexity index is 538. The third-order valence-corrected chi connectivity index (χ3v) is 2.44. The van der Waals surface area contributed by atoms with Crippen LogP contribution in [0.1, 0.15) is 12.5 Å². The van der Waals surface area contributed by atoms with Crippen LogP contribution >= 0.6 is 0 Å². The van der Waals surface area contributed by atoms with Gasteiger partial charge in [0, 0.05) is 6.92 Å². The molecule has 0 spiro atoms. The minimum atomic E-state index is -0.923. The highest BCUT2D eigenvalue weighted by Gasteiger charge is 2.15. The summed E-state index contributed by atoms with van der Waals surface area (Å²) in [4.78, 5) is 33.0. The summed E-state index contributed by atoms with van der Waals surface area (Å²) >= 11 is 0. The average Bonchev–Trinajstić information content (AvgIpc) is 2.42.